The molecule has 1 aromatic carbocycles. The first kappa shape index (κ1) is 24.4. The van der Waals surface area contributed by atoms with E-state index in [1.807, 2.05) is 49.7 Å². The average Bonchev–Trinajstić information content (AvgIpc) is 3.05. The number of aromatic nitrogens is 2. The summed E-state index contributed by atoms with van der Waals surface area (Å²) in [6.45, 7) is 17.2. The van der Waals surface area contributed by atoms with Crippen molar-refractivity contribution < 1.29 is 14.3 Å². The molecule has 2 amide bonds. The Morgan fingerprint density at radius 3 is 2.10 bits per heavy atom. The molecule has 0 radical (unpaired) electrons. The van der Waals surface area contributed by atoms with E-state index in [4.69, 9.17) is 9.84 Å². The van der Waals surface area contributed by atoms with Crippen LogP contribution in [-0.4, -0.2) is 33.4 Å². The fourth-order valence-electron chi connectivity index (χ4n) is 3.07. The Kier molecular flexibility index (Phi) is 6.88. The van der Waals surface area contributed by atoms with Crippen LogP contribution in [0.5, 0.6) is 0 Å². The van der Waals surface area contributed by atoms with E-state index in [2.05, 4.69) is 36.6 Å². The molecule has 2 aromatic rings. The van der Waals surface area contributed by atoms with Gasteiger partial charge >= 0.3 is 6.09 Å². The van der Waals surface area contributed by atoms with E-state index in [1.54, 1.807) is 27.7 Å². The Morgan fingerprint density at radius 2 is 1.58 bits per heavy atom. The number of nitrogens with zero attached hydrogens (tertiary/aromatic N) is 2. The summed E-state index contributed by atoms with van der Waals surface area (Å²) in [5.41, 5.74) is 0.638. The predicted octanol–water partition coefficient (Wildman–Crippen LogP) is 4.82. The van der Waals surface area contributed by atoms with Gasteiger partial charge in [-0.05, 0) is 54.0 Å². The van der Waals surface area contributed by atoms with Crippen LogP contribution < -0.4 is 10.6 Å². The van der Waals surface area contributed by atoms with Crippen molar-refractivity contribution in [1.82, 2.24) is 15.1 Å². The van der Waals surface area contributed by atoms with Gasteiger partial charge < -0.3 is 15.4 Å². The highest BCUT2D eigenvalue weighted by molar-refractivity contribution is 5.95. The summed E-state index contributed by atoms with van der Waals surface area (Å²) in [4.78, 5) is 24.8. The van der Waals surface area contributed by atoms with Gasteiger partial charge in [-0.1, -0.05) is 44.2 Å². The first-order chi connectivity index (χ1) is 14.1. The van der Waals surface area contributed by atoms with Crippen molar-refractivity contribution in [3.63, 3.8) is 0 Å². The van der Waals surface area contributed by atoms with Gasteiger partial charge in [0, 0.05) is 11.5 Å². The highest BCUT2D eigenvalue weighted by Gasteiger charge is 2.31. The molecule has 2 N–H and O–H groups in total. The molecule has 7 heteroatoms. The van der Waals surface area contributed by atoms with Gasteiger partial charge in [0.25, 0.3) is 0 Å². The summed E-state index contributed by atoms with van der Waals surface area (Å²) in [7, 11) is 0. The molecule has 0 bridgehead atoms. The van der Waals surface area contributed by atoms with E-state index in [1.165, 1.54) is 0 Å². The first-order valence-corrected chi connectivity index (χ1v) is 10.6. The molecule has 0 spiro atoms. The third-order valence-electron chi connectivity index (χ3n) is 4.86. The highest BCUT2D eigenvalue weighted by atomic mass is 16.6. The maximum absolute atomic E-state index is 12.8. The maximum atomic E-state index is 12.8. The zero-order chi connectivity index (χ0) is 23.6. The minimum atomic E-state index is -0.774. The third-order valence-corrected chi connectivity index (χ3v) is 4.86. The monoisotopic (exact) mass is 428 g/mol. The van der Waals surface area contributed by atoms with Gasteiger partial charge in [-0.25, -0.2) is 9.48 Å². The number of rotatable bonds is 5. The molecular formula is C24H36N4O3. The number of hydrogen-bond donors (Lipinski definition) is 2. The van der Waals surface area contributed by atoms with Gasteiger partial charge in [0.1, 0.15) is 17.5 Å². The van der Waals surface area contributed by atoms with Crippen molar-refractivity contribution in [2.24, 2.45) is 0 Å². The van der Waals surface area contributed by atoms with Crippen LogP contribution in [0.2, 0.25) is 0 Å². The SMILES string of the molecule is C[C@H](NC(=O)OC(C)(C)C)C(=O)Nc1cc(C(C)(C)c2ccccc2)nn1C(C)(C)C. The number of carbonyl (C=O) groups is 2. The number of carbonyl (C=O) groups excluding carboxylic acids is 2. The lowest BCUT2D eigenvalue weighted by atomic mass is 9.82. The summed E-state index contributed by atoms with van der Waals surface area (Å²) in [5.74, 6) is 0.231. The van der Waals surface area contributed by atoms with E-state index in [0.717, 1.165) is 11.3 Å². The van der Waals surface area contributed by atoms with Crippen LogP contribution in [0.25, 0.3) is 0 Å². The number of hydrogen-bond acceptors (Lipinski definition) is 4. The fraction of sp³-hybridized carbons (Fsp3) is 0.542. The summed E-state index contributed by atoms with van der Waals surface area (Å²) in [5, 5.41) is 10.3. The Balaban J connectivity index is 2.28. The van der Waals surface area contributed by atoms with Gasteiger partial charge in [-0.2, -0.15) is 5.10 Å². The molecule has 0 aliphatic carbocycles. The van der Waals surface area contributed by atoms with Crippen LogP contribution >= 0.6 is 0 Å². The molecule has 2 rings (SSSR count). The summed E-state index contributed by atoms with van der Waals surface area (Å²) in [6.07, 6.45) is -0.634. The second-order valence-electron chi connectivity index (χ2n) is 10.3. The summed E-state index contributed by atoms with van der Waals surface area (Å²) >= 11 is 0. The Morgan fingerprint density at radius 1 is 1.00 bits per heavy atom. The Hall–Kier alpha value is -2.83. The number of ether oxygens (including phenoxy) is 1. The lowest BCUT2D eigenvalue weighted by Gasteiger charge is -2.25. The fourth-order valence-corrected chi connectivity index (χ4v) is 3.07. The van der Waals surface area contributed by atoms with Crippen molar-refractivity contribution >= 4 is 17.8 Å². The quantitative estimate of drug-likeness (QED) is 0.715. The maximum Gasteiger partial charge on any atom is 0.408 e. The van der Waals surface area contributed by atoms with E-state index in [0.29, 0.717) is 5.82 Å². The van der Waals surface area contributed by atoms with Gasteiger partial charge in [-0.15, -0.1) is 0 Å². The van der Waals surface area contributed by atoms with Crippen LogP contribution in [0.4, 0.5) is 10.6 Å². The third kappa shape index (κ3) is 6.32. The molecule has 170 valence electrons. The number of nitrogens with one attached hydrogen (secondary N) is 2. The highest BCUT2D eigenvalue weighted by Crippen LogP contribution is 2.33. The molecule has 31 heavy (non-hydrogen) atoms. The largest absolute Gasteiger partial charge is 0.444 e. The minimum absolute atomic E-state index is 0.347. The standard InChI is InChI=1S/C24H36N4O3/c1-16(25-21(30)31-23(5,6)7)20(29)26-19-15-18(27-28(19)22(2,3)4)24(8,9)17-13-11-10-12-14-17/h10-16H,1-9H3,(H,25,30)(H,26,29)/t16-/m0/s1. The van der Waals surface area contributed by atoms with E-state index >= 15 is 0 Å². The van der Waals surface area contributed by atoms with Crippen molar-refractivity contribution in [2.45, 2.75) is 84.9 Å². The number of alkyl carbamates (subject to hydrolysis) is 1. The molecule has 0 saturated carbocycles. The molecule has 1 heterocycles. The first-order valence-electron chi connectivity index (χ1n) is 10.6. The molecule has 0 aliphatic rings. The van der Waals surface area contributed by atoms with Crippen LogP contribution in [0.1, 0.15) is 73.6 Å². The van der Waals surface area contributed by atoms with E-state index in [9.17, 15) is 9.59 Å². The van der Waals surface area contributed by atoms with Crippen molar-refractivity contribution in [1.29, 1.82) is 0 Å². The Labute approximate surface area is 185 Å². The smallest absolute Gasteiger partial charge is 0.408 e. The normalized spacial score (nSPS) is 13.5. The van der Waals surface area contributed by atoms with Gasteiger partial charge in [0.05, 0.1) is 11.2 Å². The molecule has 1 atom stereocenters. The van der Waals surface area contributed by atoms with E-state index in [-0.39, 0.29) is 16.9 Å². The molecule has 7 nitrogen and oxygen atoms in total. The lowest BCUT2D eigenvalue weighted by Crippen LogP contribution is -2.44. The Bertz CT molecular complexity index is 919. The van der Waals surface area contributed by atoms with Crippen LogP contribution in [0.15, 0.2) is 36.4 Å². The van der Waals surface area contributed by atoms with Gasteiger partial charge in [-0.3, -0.25) is 4.79 Å². The molecule has 0 aliphatic heterocycles. The topological polar surface area (TPSA) is 85.2 Å². The minimum Gasteiger partial charge on any atom is -0.444 e. The van der Waals surface area contributed by atoms with Crippen LogP contribution in [-0.2, 0) is 20.5 Å². The van der Waals surface area contributed by atoms with Gasteiger partial charge in [0.15, 0.2) is 0 Å². The second-order valence-corrected chi connectivity index (χ2v) is 10.3. The zero-order valence-electron chi connectivity index (χ0n) is 20.2. The van der Waals surface area contributed by atoms with Crippen molar-refractivity contribution in [3.05, 3.63) is 47.7 Å². The van der Waals surface area contributed by atoms with Crippen LogP contribution in [0, 0.1) is 0 Å². The molecule has 0 saturated heterocycles. The molecular weight excluding hydrogens is 392 g/mol. The molecule has 0 fully saturated rings. The molecule has 1 aromatic heterocycles. The second kappa shape index (κ2) is 8.73. The summed E-state index contributed by atoms with van der Waals surface area (Å²) in [6, 6.07) is 11.3. The average molecular weight is 429 g/mol. The number of anilines is 1. The lowest BCUT2D eigenvalue weighted by molar-refractivity contribution is -0.117. The van der Waals surface area contributed by atoms with Crippen molar-refractivity contribution in [2.75, 3.05) is 5.32 Å². The number of amides is 2. The zero-order valence-corrected chi connectivity index (χ0v) is 20.2. The van der Waals surface area contributed by atoms with E-state index < -0.39 is 17.7 Å². The van der Waals surface area contributed by atoms with Gasteiger partial charge in [0.2, 0.25) is 5.91 Å². The van der Waals surface area contributed by atoms with Crippen molar-refractivity contribution in [3.8, 4) is 0 Å². The molecule has 0 unspecified atom stereocenters. The summed E-state index contributed by atoms with van der Waals surface area (Å²) < 4.78 is 7.05. The van der Waals surface area contributed by atoms with Crippen LogP contribution in [0.3, 0.4) is 0 Å². The number of benzene rings is 1. The predicted molar refractivity (Wildman–Crippen MR) is 123 cm³/mol.